The van der Waals surface area contributed by atoms with Crippen molar-refractivity contribution in [2.45, 2.75) is 34.1 Å². The molecule has 0 aliphatic rings. The number of anilines is 1. The largest absolute Gasteiger partial charge is 0.354 e. The van der Waals surface area contributed by atoms with Crippen molar-refractivity contribution >= 4 is 5.95 Å². The van der Waals surface area contributed by atoms with Gasteiger partial charge in [-0.15, -0.1) is 0 Å². The minimum absolute atomic E-state index is 0.719. The third kappa shape index (κ3) is 3.31. The van der Waals surface area contributed by atoms with Crippen molar-refractivity contribution in [3.05, 3.63) is 41.1 Å². The molecule has 0 radical (unpaired) electrons. The Morgan fingerprint density at radius 2 is 1.84 bits per heavy atom. The molecule has 2 aromatic rings. The van der Waals surface area contributed by atoms with Gasteiger partial charge in [-0.25, -0.2) is 9.97 Å². The lowest BCUT2D eigenvalue weighted by molar-refractivity contribution is 0.947. The molecule has 100 valence electrons. The minimum Gasteiger partial charge on any atom is -0.354 e. The molecule has 0 unspecified atom stereocenters. The lowest BCUT2D eigenvalue weighted by Crippen LogP contribution is -2.06. The number of aryl methyl sites for hydroxylation is 3. The van der Waals surface area contributed by atoms with Crippen LogP contribution in [-0.4, -0.2) is 16.5 Å². The summed E-state index contributed by atoms with van der Waals surface area (Å²) in [6.45, 7) is 9.27. The second-order valence-electron chi connectivity index (χ2n) is 4.96. The molecule has 0 amide bonds. The smallest absolute Gasteiger partial charge is 0.223 e. The van der Waals surface area contributed by atoms with Crippen molar-refractivity contribution in [2.75, 3.05) is 11.9 Å². The number of hydrogen-bond acceptors (Lipinski definition) is 3. The number of nitrogens with zero attached hydrogens (tertiary/aromatic N) is 2. The van der Waals surface area contributed by atoms with Crippen molar-refractivity contribution in [2.24, 2.45) is 0 Å². The zero-order valence-electron chi connectivity index (χ0n) is 12.1. The lowest BCUT2D eigenvalue weighted by atomic mass is 10.0. The normalized spacial score (nSPS) is 10.5. The van der Waals surface area contributed by atoms with Gasteiger partial charge in [-0.1, -0.05) is 30.7 Å². The van der Waals surface area contributed by atoms with E-state index in [0.29, 0.717) is 0 Å². The summed E-state index contributed by atoms with van der Waals surface area (Å²) >= 11 is 0. The third-order valence-corrected chi connectivity index (χ3v) is 3.05. The molecule has 1 aromatic carbocycles. The summed E-state index contributed by atoms with van der Waals surface area (Å²) in [5.74, 6) is 0.719. The van der Waals surface area contributed by atoms with Crippen LogP contribution in [0.15, 0.2) is 24.3 Å². The van der Waals surface area contributed by atoms with Gasteiger partial charge in [-0.3, -0.25) is 0 Å². The molecule has 0 aliphatic carbocycles. The predicted octanol–water partition coefficient (Wildman–Crippen LogP) is 3.89. The summed E-state index contributed by atoms with van der Waals surface area (Å²) in [6.07, 6.45) is 1.07. The van der Waals surface area contributed by atoms with Crippen LogP contribution >= 0.6 is 0 Å². The van der Waals surface area contributed by atoms with E-state index in [4.69, 9.17) is 0 Å². The van der Waals surface area contributed by atoms with Gasteiger partial charge in [0.15, 0.2) is 0 Å². The van der Waals surface area contributed by atoms with Crippen LogP contribution in [0.2, 0.25) is 0 Å². The molecule has 0 aliphatic heterocycles. The zero-order chi connectivity index (χ0) is 13.8. The topological polar surface area (TPSA) is 37.8 Å². The fourth-order valence-corrected chi connectivity index (χ4v) is 2.12. The van der Waals surface area contributed by atoms with Gasteiger partial charge in [-0.05, 0) is 38.8 Å². The van der Waals surface area contributed by atoms with Gasteiger partial charge in [0.1, 0.15) is 0 Å². The average Bonchev–Trinajstić information content (AvgIpc) is 2.35. The first-order valence-electron chi connectivity index (χ1n) is 6.77. The maximum Gasteiger partial charge on any atom is 0.223 e. The van der Waals surface area contributed by atoms with Gasteiger partial charge in [0.2, 0.25) is 5.95 Å². The van der Waals surface area contributed by atoms with Crippen LogP contribution in [0, 0.1) is 20.8 Å². The first-order chi connectivity index (χ1) is 9.10. The van der Waals surface area contributed by atoms with Gasteiger partial charge in [-0.2, -0.15) is 0 Å². The Labute approximate surface area is 115 Å². The molecule has 0 spiro atoms. The number of hydrogen-bond donors (Lipinski definition) is 1. The molecule has 19 heavy (non-hydrogen) atoms. The predicted molar refractivity (Wildman–Crippen MR) is 80.5 cm³/mol. The first-order valence-corrected chi connectivity index (χ1v) is 6.77. The maximum atomic E-state index is 4.61. The van der Waals surface area contributed by atoms with E-state index < -0.39 is 0 Å². The summed E-state index contributed by atoms with van der Waals surface area (Å²) in [4.78, 5) is 9.03. The van der Waals surface area contributed by atoms with Crippen LogP contribution in [0.3, 0.4) is 0 Å². The van der Waals surface area contributed by atoms with Gasteiger partial charge in [0.25, 0.3) is 0 Å². The minimum atomic E-state index is 0.719. The molecule has 0 atom stereocenters. The first kappa shape index (κ1) is 13.5. The number of rotatable bonds is 4. The standard InChI is InChI=1S/C16H21N3/c1-5-8-17-16-18-13(4)10-15(19-16)14-7-6-11(2)9-12(14)3/h6-7,9-10H,5,8H2,1-4H3,(H,17,18,19). The fraction of sp³-hybridized carbons (Fsp3) is 0.375. The van der Waals surface area contributed by atoms with Gasteiger partial charge < -0.3 is 5.32 Å². The Bertz CT molecular complexity index is 576. The Balaban J connectivity index is 2.41. The Morgan fingerprint density at radius 1 is 1.05 bits per heavy atom. The molecule has 0 saturated carbocycles. The third-order valence-electron chi connectivity index (χ3n) is 3.05. The van der Waals surface area contributed by atoms with E-state index >= 15 is 0 Å². The maximum absolute atomic E-state index is 4.61. The Kier molecular flexibility index (Phi) is 4.15. The van der Waals surface area contributed by atoms with E-state index in [2.05, 4.69) is 54.3 Å². The molecule has 2 rings (SSSR count). The van der Waals surface area contributed by atoms with Crippen molar-refractivity contribution < 1.29 is 0 Å². The van der Waals surface area contributed by atoms with Crippen molar-refractivity contribution in [1.29, 1.82) is 0 Å². The van der Waals surface area contributed by atoms with E-state index in [0.717, 1.165) is 30.3 Å². The molecule has 1 aromatic heterocycles. The van der Waals surface area contributed by atoms with Crippen LogP contribution < -0.4 is 5.32 Å². The molecular weight excluding hydrogens is 234 g/mol. The van der Waals surface area contributed by atoms with Crippen molar-refractivity contribution in [3.8, 4) is 11.3 Å². The molecule has 3 nitrogen and oxygen atoms in total. The summed E-state index contributed by atoms with van der Waals surface area (Å²) in [6, 6.07) is 8.48. The van der Waals surface area contributed by atoms with Crippen molar-refractivity contribution in [1.82, 2.24) is 9.97 Å². The second kappa shape index (κ2) is 5.83. The molecule has 3 heteroatoms. The highest BCUT2D eigenvalue weighted by molar-refractivity contribution is 5.65. The monoisotopic (exact) mass is 255 g/mol. The molecule has 0 bridgehead atoms. The molecule has 0 fully saturated rings. The zero-order valence-corrected chi connectivity index (χ0v) is 12.1. The molecular formula is C16H21N3. The van der Waals surface area contributed by atoms with Gasteiger partial charge in [0.05, 0.1) is 5.69 Å². The summed E-state index contributed by atoms with van der Waals surface area (Å²) in [5, 5.41) is 3.25. The number of nitrogens with one attached hydrogen (secondary N) is 1. The second-order valence-corrected chi connectivity index (χ2v) is 4.96. The number of aromatic nitrogens is 2. The van der Waals surface area contributed by atoms with Gasteiger partial charge in [0, 0.05) is 17.8 Å². The van der Waals surface area contributed by atoms with Crippen LogP contribution in [0.5, 0.6) is 0 Å². The molecule has 1 heterocycles. The van der Waals surface area contributed by atoms with Crippen LogP contribution in [0.25, 0.3) is 11.3 Å². The molecule has 0 saturated heterocycles. The highest BCUT2D eigenvalue weighted by Gasteiger charge is 2.07. The average molecular weight is 255 g/mol. The van der Waals surface area contributed by atoms with E-state index in [1.54, 1.807) is 0 Å². The SMILES string of the molecule is CCCNc1nc(C)cc(-c2ccc(C)cc2C)n1. The molecule has 1 N–H and O–H groups in total. The lowest BCUT2D eigenvalue weighted by Gasteiger charge is -2.10. The fourth-order valence-electron chi connectivity index (χ4n) is 2.12. The summed E-state index contributed by atoms with van der Waals surface area (Å²) in [5.41, 5.74) is 5.68. The number of benzene rings is 1. The van der Waals surface area contributed by atoms with E-state index in [1.165, 1.54) is 16.7 Å². The quantitative estimate of drug-likeness (QED) is 0.900. The highest BCUT2D eigenvalue weighted by Crippen LogP contribution is 2.23. The Hall–Kier alpha value is -1.90. The highest BCUT2D eigenvalue weighted by atomic mass is 15.1. The Morgan fingerprint density at radius 3 is 2.53 bits per heavy atom. The van der Waals surface area contributed by atoms with Crippen LogP contribution in [-0.2, 0) is 0 Å². The van der Waals surface area contributed by atoms with E-state index in [1.807, 2.05) is 13.0 Å². The van der Waals surface area contributed by atoms with Crippen LogP contribution in [0.1, 0.15) is 30.2 Å². The van der Waals surface area contributed by atoms with Crippen molar-refractivity contribution in [3.63, 3.8) is 0 Å². The van der Waals surface area contributed by atoms with Gasteiger partial charge >= 0.3 is 0 Å². The van der Waals surface area contributed by atoms with E-state index in [-0.39, 0.29) is 0 Å². The summed E-state index contributed by atoms with van der Waals surface area (Å²) < 4.78 is 0. The summed E-state index contributed by atoms with van der Waals surface area (Å²) in [7, 11) is 0. The van der Waals surface area contributed by atoms with E-state index in [9.17, 15) is 0 Å². The van der Waals surface area contributed by atoms with Crippen LogP contribution in [0.4, 0.5) is 5.95 Å².